The van der Waals surface area contributed by atoms with Crippen molar-refractivity contribution in [3.8, 4) is 0 Å². The molecule has 0 saturated heterocycles. The Labute approximate surface area is 248 Å². The van der Waals surface area contributed by atoms with Gasteiger partial charge in [-0.2, -0.15) is 0 Å². The van der Waals surface area contributed by atoms with Crippen molar-refractivity contribution in [2.45, 2.75) is 37.9 Å². The van der Waals surface area contributed by atoms with Crippen LogP contribution in [0.25, 0.3) is 5.57 Å². The average molecular weight is 599 g/mol. The molecule has 4 rings (SSSR count). The number of amides is 3. The fraction of sp³-hybridized carbons (Fsp3) is 0.258. The first-order valence-corrected chi connectivity index (χ1v) is 13.9. The normalized spacial score (nSPS) is 14.3. The lowest BCUT2D eigenvalue weighted by Crippen LogP contribution is -2.35. The lowest BCUT2D eigenvalue weighted by molar-refractivity contribution is -0.146. The second kappa shape index (κ2) is 14.1. The lowest BCUT2D eigenvalue weighted by atomic mass is 9.91. The van der Waals surface area contributed by atoms with Gasteiger partial charge in [0.1, 0.15) is 0 Å². The number of allylic oxidation sites excluding steroid dienone is 2. The first kappa shape index (κ1) is 30.1. The van der Waals surface area contributed by atoms with Crippen molar-refractivity contribution in [2.75, 3.05) is 19.0 Å². The molecule has 10 heteroatoms. The van der Waals surface area contributed by atoms with E-state index in [0.717, 1.165) is 31.1 Å². The molecule has 3 aromatic carbocycles. The van der Waals surface area contributed by atoms with Gasteiger partial charge >= 0.3 is 12.0 Å². The molecular weight excluding hydrogens is 568 g/mol. The minimum absolute atomic E-state index is 0.266. The first-order valence-electron chi connectivity index (χ1n) is 13.2. The highest BCUT2D eigenvalue weighted by Gasteiger charge is 2.21. The van der Waals surface area contributed by atoms with Crippen LogP contribution in [0.1, 0.15) is 58.8 Å². The van der Waals surface area contributed by atoms with Crippen molar-refractivity contribution >= 4 is 52.4 Å². The van der Waals surface area contributed by atoms with E-state index in [1.165, 1.54) is 18.4 Å². The SMILES string of the molecule is COC(=O)C(F)CNC(=O)c1ccc(C(NC(=O)Nc2cc(Cl)cc(Cl)c2)c2ccc(C3=CCCCC3)cc2)cc1. The van der Waals surface area contributed by atoms with E-state index in [1.807, 2.05) is 24.3 Å². The number of rotatable bonds is 9. The average Bonchev–Trinajstić information content (AvgIpc) is 2.98. The Kier molecular flexibility index (Phi) is 10.4. The number of carbonyl (C=O) groups excluding carboxylic acids is 3. The largest absolute Gasteiger partial charge is 0.467 e. The van der Waals surface area contributed by atoms with Crippen LogP contribution in [0.4, 0.5) is 14.9 Å². The third-order valence-corrected chi connectivity index (χ3v) is 7.14. The Morgan fingerprint density at radius 1 is 0.927 bits per heavy atom. The van der Waals surface area contributed by atoms with E-state index in [2.05, 4.69) is 26.8 Å². The summed E-state index contributed by atoms with van der Waals surface area (Å²) in [5, 5.41) is 8.90. The number of ether oxygens (including phenoxy) is 1. The highest BCUT2D eigenvalue weighted by Crippen LogP contribution is 2.30. The molecule has 2 atom stereocenters. The predicted molar refractivity (Wildman–Crippen MR) is 159 cm³/mol. The number of carbonyl (C=O) groups is 3. The minimum atomic E-state index is -1.96. The Morgan fingerprint density at radius 3 is 2.15 bits per heavy atom. The number of methoxy groups -OCH3 is 1. The van der Waals surface area contributed by atoms with Crippen LogP contribution >= 0.6 is 23.2 Å². The van der Waals surface area contributed by atoms with Crippen molar-refractivity contribution in [2.24, 2.45) is 0 Å². The molecule has 3 amide bonds. The topological polar surface area (TPSA) is 96.5 Å². The molecule has 1 aliphatic rings. The van der Waals surface area contributed by atoms with Crippen molar-refractivity contribution < 1.29 is 23.5 Å². The second-order valence-corrected chi connectivity index (χ2v) is 10.5. The van der Waals surface area contributed by atoms with Gasteiger partial charge in [-0.25, -0.2) is 14.0 Å². The summed E-state index contributed by atoms with van der Waals surface area (Å²) in [4.78, 5) is 36.8. The van der Waals surface area contributed by atoms with Crippen LogP contribution in [0.2, 0.25) is 10.0 Å². The Morgan fingerprint density at radius 2 is 1.56 bits per heavy atom. The number of halogens is 3. The zero-order valence-corrected chi connectivity index (χ0v) is 23.9. The highest BCUT2D eigenvalue weighted by atomic mass is 35.5. The molecule has 7 nitrogen and oxygen atoms in total. The van der Waals surface area contributed by atoms with Gasteiger partial charge < -0.3 is 20.7 Å². The maximum Gasteiger partial charge on any atom is 0.342 e. The molecule has 0 aromatic heterocycles. The molecule has 0 aliphatic heterocycles. The van der Waals surface area contributed by atoms with E-state index in [4.69, 9.17) is 23.2 Å². The third kappa shape index (κ3) is 8.31. The van der Waals surface area contributed by atoms with E-state index in [1.54, 1.807) is 42.5 Å². The summed E-state index contributed by atoms with van der Waals surface area (Å²) >= 11 is 12.2. The van der Waals surface area contributed by atoms with Crippen molar-refractivity contribution in [1.29, 1.82) is 0 Å². The maximum absolute atomic E-state index is 13.7. The molecule has 0 bridgehead atoms. The number of anilines is 1. The first-order chi connectivity index (χ1) is 19.7. The Balaban J connectivity index is 1.54. The quantitative estimate of drug-likeness (QED) is 0.229. The molecule has 0 radical (unpaired) electrons. The second-order valence-electron chi connectivity index (χ2n) is 9.61. The molecular formula is C31H30Cl2FN3O4. The Bertz CT molecular complexity index is 1410. The number of hydrogen-bond acceptors (Lipinski definition) is 4. The molecule has 2 unspecified atom stereocenters. The van der Waals surface area contributed by atoms with Crippen molar-refractivity contribution in [1.82, 2.24) is 10.6 Å². The molecule has 214 valence electrons. The number of alkyl halides is 1. The van der Waals surface area contributed by atoms with Gasteiger partial charge in [0.05, 0.1) is 19.7 Å². The summed E-state index contributed by atoms with van der Waals surface area (Å²) in [6.45, 7) is -0.506. The fourth-order valence-electron chi connectivity index (χ4n) is 4.60. The van der Waals surface area contributed by atoms with Crippen molar-refractivity contribution in [3.05, 3.63) is 105 Å². The summed E-state index contributed by atoms with van der Waals surface area (Å²) < 4.78 is 18.1. The van der Waals surface area contributed by atoms with Crippen LogP contribution < -0.4 is 16.0 Å². The molecule has 41 heavy (non-hydrogen) atoms. The Hall–Kier alpha value is -3.88. The predicted octanol–water partition coefficient (Wildman–Crippen LogP) is 7.10. The van der Waals surface area contributed by atoms with Crippen LogP contribution in [-0.4, -0.2) is 37.7 Å². The number of benzene rings is 3. The van der Waals surface area contributed by atoms with Gasteiger partial charge in [0.2, 0.25) is 6.17 Å². The maximum atomic E-state index is 13.7. The molecule has 1 aliphatic carbocycles. The minimum Gasteiger partial charge on any atom is -0.467 e. The summed E-state index contributed by atoms with van der Waals surface area (Å²) in [6.07, 6.45) is 4.80. The van der Waals surface area contributed by atoms with Gasteiger partial charge in [-0.3, -0.25) is 4.79 Å². The van der Waals surface area contributed by atoms with E-state index in [0.29, 0.717) is 21.3 Å². The molecule has 0 fully saturated rings. The number of hydrogen-bond donors (Lipinski definition) is 3. The fourth-order valence-corrected chi connectivity index (χ4v) is 5.12. The summed E-state index contributed by atoms with van der Waals surface area (Å²) in [7, 11) is 1.07. The monoisotopic (exact) mass is 597 g/mol. The highest BCUT2D eigenvalue weighted by molar-refractivity contribution is 6.35. The summed E-state index contributed by atoms with van der Waals surface area (Å²) in [5.74, 6) is -1.60. The van der Waals surface area contributed by atoms with Gasteiger partial charge in [0.15, 0.2) is 0 Å². The van der Waals surface area contributed by atoms with E-state index in [9.17, 15) is 18.8 Å². The summed E-state index contributed by atoms with van der Waals surface area (Å²) in [6, 6.07) is 18.3. The molecule has 0 saturated carbocycles. The number of esters is 1. The van der Waals surface area contributed by atoms with Gasteiger partial charge in [-0.15, -0.1) is 0 Å². The van der Waals surface area contributed by atoms with E-state index < -0.39 is 36.7 Å². The van der Waals surface area contributed by atoms with E-state index >= 15 is 0 Å². The van der Waals surface area contributed by atoms with Crippen molar-refractivity contribution in [3.63, 3.8) is 0 Å². The standard InChI is InChI=1S/C31H30Cl2FN3O4/c1-41-30(39)27(34)18-35-29(38)23-13-11-22(12-14-23)28(37-31(40)36-26-16-24(32)15-25(33)17-26)21-9-7-20(8-10-21)19-5-3-2-4-6-19/h5,7-17,27-28H,2-4,6,18H2,1H3,(H,35,38)(H2,36,37,40). The van der Waals surface area contributed by atoms with Gasteiger partial charge in [0, 0.05) is 21.3 Å². The zero-order chi connectivity index (χ0) is 29.4. The van der Waals surface area contributed by atoms with Gasteiger partial charge in [-0.1, -0.05) is 65.7 Å². The van der Waals surface area contributed by atoms with E-state index in [-0.39, 0.29) is 5.56 Å². The molecule has 0 heterocycles. The summed E-state index contributed by atoms with van der Waals surface area (Å²) in [5.41, 5.74) is 4.71. The van der Waals surface area contributed by atoms with Crippen LogP contribution in [0.3, 0.4) is 0 Å². The zero-order valence-electron chi connectivity index (χ0n) is 22.4. The van der Waals surface area contributed by atoms with Crippen LogP contribution in [-0.2, 0) is 9.53 Å². The lowest BCUT2D eigenvalue weighted by Gasteiger charge is -2.22. The number of urea groups is 1. The van der Waals surface area contributed by atoms with Crippen LogP contribution in [0.15, 0.2) is 72.8 Å². The molecule has 0 spiro atoms. The van der Waals surface area contributed by atoms with Gasteiger partial charge in [-0.05, 0) is 78.3 Å². The van der Waals surface area contributed by atoms with Gasteiger partial charge in [0.25, 0.3) is 5.91 Å². The smallest absolute Gasteiger partial charge is 0.342 e. The molecule has 3 aromatic rings. The third-order valence-electron chi connectivity index (χ3n) is 6.71. The van der Waals surface area contributed by atoms with Crippen LogP contribution in [0.5, 0.6) is 0 Å². The molecule has 3 N–H and O–H groups in total. The number of nitrogens with one attached hydrogen (secondary N) is 3. The van der Waals surface area contributed by atoms with Crippen LogP contribution in [0, 0.1) is 0 Å².